The SMILES string of the molecule is NS(=O)(=O)c1ccc(C(=O)OCC(CON(O)O)OC(=O)CCCON(O)O)cc1. The van der Waals surface area contributed by atoms with Crippen molar-refractivity contribution in [1.29, 1.82) is 0 Å². The Morgan fingerprint density at radius 1 is 1.00 bits per heavy atom. The quantitative estimate of drug-likeness (QED) is 0.140. The second-order valence-electron chi connectivity index (χ2n) is 5.52. The molecule has 16 heteroatoms. The Morgan fingerprint density at radius 3 is 2.13 bits per heavy atom. The Labute approximate surface area is 170 Å². The minimum Gasteiger partial charge on any atom is -0.458 e. The van der Waals surface area contributed by atoms with Gasteiger partial charge in [-0.05, 0) is 30.7 Å². The Balaban J connectivity index is 2.60. The first kappa shape index (κ1) is 25.8. The molecule has 1 atom stereocenters. The van der Waals surface area contributed by atoms with E-state index in [1.165, 1.54) is 0 Å². The van der Waals surface area contributed by atoms with E-state index in [1.54, 1.807) is 0 Å². The first-order chi connectivity index (χ1) is 14.0. The molecule has 0 aliphatic heterocycles. The predicted octanol–water partition coefficient (Wildman–Crippen LogP) is -0.793. The van der Waals surface area contributed by atoms with Crippen molar-refractivity contribution in [2.75, 3.05) is 19.8 Å². The Morgan fingerprint density at radius 2 is 1.60 bits per heavy atom. The first-order valence-corrected chi connectivity index (χ1v) is 9.64. The van der Waals surface area contributed by atoms with Crippen LogP contribution < -0.4 is 5.14 Å². The number of hydrogen-bond acceptors (Lipinski definition) is 14. The summed E-state index contributed by atoms with van der Waals surface area (Å²) in [5, 5.41) is 37.7. The number of carbonyl (C=O) groups excluding carboxylic acids is 2. The maximum atomic E-state index is 12.0. The van der Waals surface area contributed by atoms with Crippen molar-refractivity contribution in [3.8, 4) is 0 Å². The van der Waals surface area contributed by atoms with Gasteiger partial charge in [0.2, 0.25) is 10.0 Å². The van der Waals surface area contributed by atoms with E-state index < -0.39 is 52.1 Å². The molecule has 0 aromatic heterocycles. The molecule has 0 amide bonds. The van der Waals surface area contributed by atoms with E-state index in [0.29, 0.717) is 0 Å². The molecule has 30 heavy (non-hydrogen) atoms. The van der Waals surface area contributed by atoms with Gasteiger partial charge in [0.05, 0.1) is 27.8 Å². The maximum absolute atomic E-state index is 12.0. The summed E-state index contributed by atoms with van der Waals surface area (Å²) in [6.07, 6.45) is -1.40. The monoisotopic (exact) mass is 455 g/mol. The van der Waals surface area contributed by atoms with Gasteiger partial charge in [-0.3, -0.25) is 30.5 Å². The lowest BCUT2D eigenvalue weighted by Gasteiger charge is -2.18. The van der Waals surface area contributed by atoms with Gasteiger partial charge < -0.3 is 9.47 Å². The fourth-order valence-corrected chi connectivity index (χ4v) is 2.42. The summed E-state index contributed by atoms with van der Waals surface area (Å²) in [6, 6.07) is 4.52. The number of benzene rings is 1. The molecule has 0 heterocycles. The van der Waals surface area contributed by atoms with Crippen LogP contribution >= 0.6 is 0 Å². The number of carbonyl (C=O) groups is 2. The number of nitrogens with two attached hydrogens (primary N) is 1. The number of ether oxygens (including phenoxy) is 2. The third kappa shape index (κ3) is 10.5. The smallest absolute Gasteiger partial charge is 0.338 e. The summed E-state index contributed by atoms with van der Waals surface area (Å²) >= 11 is 0. The maximum Gasteiger partial charge on any atom is 0.338 e. The van der Waals surface area contributed by atoms with Gasteiger partial charge in [-0.15, -0.1) is 0 Å². The van der Waals surface area contributed by atoms with Crippen LogP contribution in [-0.4, -0.2) is 77.9 Å². The molecule has 0 bridgehead atoms. The van der Waals surface area contributed by atoms with Crippen LogP contribution in [0.15, 0.2) is 29.2 Å². The molecule has 1 aromatic carbocycles. The van der Waals surface area contributed by atoms with Crippen LogP contribution in [0.1, 0.15) is 23.2 Å². The van der Waals surface area contributed by atoms with Gasteiger partial charge in [-0.1, -0.05) is 0 Å². The van der Waals surface area contributed by atoms with Crippen LogP contribution in [0.2, 0.25) is 0 Å². The molecule has 1 aromatic rings. The minimum absolute atomic E-state index is 0.0194. The lowest BCUT2D eigenvalue weighted by Crippen LogP contribution is -2.32. The van der Waals surface area contributed by atoms with Crippen LogP contribution in [-0.2, 0) is 34.0 Å². The Hall–Kier alpha value is -2.25. The van der Waals surface area contributed by atoms with Gasteiger partial charge in [0, 0.05) is 6.42 Å². The number of hydrogen-bond donors (Lipinski definition) is 5. The van der Waals surface area contributed by atoms with Crippen molar-refractivity contribution in [3.05, 3.63) is 29.8 Å². The fraction of sp³-hybridized carbons (Fsp3) is 0.429. The molecule has 0 fully saturated rings. The van der Waals surface area contributed by atoms with Crippen LogP contribution in [0, 0.1) is 0 Å². The van der Waals surface area contributed by atoms with Crippen molar-refractivity contribution in [1.82, 2.24) is 10.8 Å². The average Bonchev–Trinajstić information content (AvgIpc) is 2.66. The molecule has 0 saturated heterocycles. The predicted molar refractivity (Wildman–Crippen MR) is 89.9 cm³/mol. The molecule has 1 rings (SSSR count). The van der Waals surface area contributed by atoms with Crippen LogP contribution in [0.4, 0.5) is 0 Å². The largest absolute Gasteiger partial charge is 0.458 e. The zero-order chi connectivity index (χ0) is 22.7. The van der Waals surface area contributed by atoms with Crippen LogP contribution in [0.25, 0.3) is 0 Å². The second kappa shape index (κ2) is 12.4. The van der Waals surface area contributed by atoms with E-state index in [2.05, 4.69) is 9.68 Å². The highest BCUT2D eigenvalue weighted by Crippen LogP contribution is 2.10. The standard InChI is InChI=1S/C14H21N3O12S/c15-30(24,25)12-5-3-10(4-6-12)14(19)26-8-11(9-28-17(22)23)29-13(18)2-1-7-27-16(20)21/h3-6,11,20-23H,1-2,7-9H2,(H2,15,24,25). The van der Waals surface area contributed by atoms with E-state index in [-0.39, 0.29) is 29.9 Å². The molecule has 170 valence electrons. The molecule has 0 radical (unpaired) electrons. The highest BCUT2D eigenvalue weighted by molar-refractivity contribution is 7.89. The van der Waals surface area contributed by atoms with E-state index in [4.69, 9.17) is 35.4 Å². The summed E-state index contributed by atoms with van der Waals surface area (Å²) in [5.74, 6) is -1.69. The highest BCUT2D eigenvalue weighted by atomic mass is 32.2. The number of primary sulfonamides is 1. The van der Waals surface area contributed by atoms with Gasteiger partial charge in [0.25, 0.3) is 0 Å². The lowest BCUT2D eigenvalue weighted by atomic mass is 10.2. The van der Waals surface area contributed by atoms with E-state index in [0.717, 1.165) is 24.3 Å². The van der Waals surface area contributed by atoms with E-state index >= 15 is 0 Å². The van der Waals surface area contributed by atoms with Crippen molar-refractivity contribution in [2.45, 2.75) is 23.8 Å². The first-order valence-electron chi connectivity index (χ1n) is 8.10. The molecule has 6 N–H and O–H groups in total. The molecular weight excluding hydrogens is 434 g/mol. The van der Waals surface area contributed by atoms with Gasteiger partial charge >= 0.3 is 11.9 Å². The zero-order valence-electron chi connectivity index (χ0n) is 15.4. The van der Waals surface area contributed by atoms with Gasteiger partial charge in [0.15, 0.2) is 6.10 Å². The summed E-state index contributed by atoms with van der Waals surface area (Å²) in [7, 11) is -3.93. The van der Waals surface area contributed by atoms with Crippen molar-refractivity contribution < 1.29 is 58.0 Å². The number of esters is 2. The van der Waals surface area contributed by atoms with Crippen LogP contribution in [0.5, 0.6) is 0 Å². The third-order valence-corrected chi connectivity index (χ3v) is 4.15. The summed E-state index contributed by atoms with van der Waals surface area (Å²) < 4.78 is 32.3. The van der Waals surface area contributed by atoms with Crippen molar-refractivity contribution in [2.24, 2.45) is 5.14 Å². The van der Waals surface area contributed by atoms with Crippen LogP contribution in [0.3, 0.4) is 0 Å². The minimum atomic E-state index is -3.93. The molecule has 0 spiro atoms. The second-order valence-corrected chi connectivity index (χ2v) is 7.08. The van der Waals surface area contributed by atoms with Crippen molar-refractivity contribution >= 4 is 22.0 Å². The fourth-order valence-electron chi connectivity index (χ4n) is 1.91. The summed E-state index contributed by atoms with van der Waals surface area (Å²) in [5.41, 5.74) is -0.0194. The van der Waals surface area contributed by atoms with E-state index in [1.807, 2.05) is 0 Å². The van der Waals surface area contributed by atoms with Gasteiger partial charge in [-0.25, -0.2) is 23.2 Å². The normalized spacial score (nSPS) is 12.8. The topological polar surface area (TPSA) is 219 Å². The average molecular weight is 455 g/mol. The number of rotatable bonds is 13. The zero-order valence-corrected chi connectivity index (χ0v) is 16.2. The van der Waals surface area contributed by atoms with E-state index in [9.17, 15) is 18.0 Å². The molecule has 0 aliphatic carbocycles. The third-order valence-electron chi connectivity index (χ3n) is 3.22. The Kier molecular flexibility index (Phi) is 10.7. The molecule has 0 saturated carbocycles. The number of nitrogens with zero attached hydrogens (tertiary/aromatic N) is 2. The molecule has 0 aliphatic rings. The Bertz CT molecular complexity index is 784. The highest BCUT2D eigenvalue weighted by Gasteiger charge is 2.20. The summed E-state index contributed by atoms with van der Waals surface area (Å²) in [6.45, 7) is -1.34. The lowest BCUT2D eigenvalue weighted by molar-refractivity contribution is -0.495. The summed E-state index contributed by atoms with van der Waals surface area (Å²) in [4.78, 5) is 32.2. The molecular formula is C14H21N3O12S. The van der Waals surface area contributed by atoms with Crippen molar-refractivity contribution in [3.63, 3.8) is 0 Å². The number of sulfonamides is 1. The van der Waals surface area contributed by atoms with Gasteiger partial charge in [-0.2, -0.15) is 0 Å². The van der Waals surface area contributed by atoms with Gasteiger partial charge in [0.1, 0.15) is 13.2 Å². The molecule has 15 nitrogen and oxygen atoms in total. The molecule has 1 unspecified atom stereocenters.